The first-order valence-corrected chi connectivity index (χ1v) is 6.00. The molecule has 8 heteroatoms. The standard InChI is InChI=1S/C12H14N8/c1-7-11(6-19(2)16-7)20-12(15-17-18-20)9-4-3-8(13)5-10(9)14/h3-6H,13-14H2,1-2H3. The minimum atomic E-state index is 0.530. The molecule has 0 aliphatic carbocycles. The molecule has 3 rings (SSSR count). The molecular formula is C12H14N8. The maximum absolute atomic E-state index is 5.99. The molecule has 8 nitrogen and oxygen atoms in total. The molecule has 4 N–H and O–H groups in total. The molecule has 0 spiro atoms. The summed E-state index contributed by atoms with van der Waals surface area (Å²) in [7, 11) is 1.85. The van der Waals surface area contributed by atoms with Gasteiger partial charge in [0.05, 0.1) is 11.9 Å². The predicted molar refractivity (Wildman–Crippen MR) is 74.9 cm³/mol. The second-order valence-electron chi connectivity index (χ2n) is 4.53. The Morgan fingerprint density at radius 2 is 2.00 bits per heavy atom. The van der Waals surface area contributed by atoms with Gasteiger partial charge < -0.3 is 11.5 Å². The van der Waals surface area contributed by atoms with Crippen molar-refractivity contribution < 1.29 is 0 Å². The fraction of sp³-hybridized carbons (Fsp3) is 0.167. The number of aryl methyl sites for hydroxylation is 2. The molecule has 0 saturated heterocycles. The van der Waals surface area contributed by atoms with Gasteiger partial charge >= 0.3 is 0 Å². The Morgan fingerprint density at radius 1 is 1.20 bits per heavy atom. The Labute approximate surface area is 115 Å². The van der Waals surface area contributed by atoms with Crippen molar-refractivity contribution in [3.05, 3.63) is 30.1 Å². The van der Waals surface area contributed by atoms with Crippen molar-refractivity contribution in [3.8, 4) is 17.1 Å². The lowest BCUT2D eigenvalue weighted by molar-refractivity contribution is 0.755. The van der Waals surface area contributed by atoms with Crippen molar-refractivity contribution >= 4 is 11.4 Å². The van der Waals surface area contributed by atoms with Gasteiger partial charge in [0.25, 0.3) is 0 Å². The molecule has 2 heterocycles. The Bertz CT molecular complexity index is 770. The highest BCUT2D eigenvalue weighted by Crippen LogP contribution is 2.27. The number of hydrogen-bond acceptors (Lipinski definition) is 6. The van der Waals surface area contributed by atoms with Gasteiger partial charge in [0.1, 0.15) is 5.69 Å². The van der Waals surface area contributed by atoms with E-state index in [1.54, 1.807) is 27.6 Å². The van der Waals surface area contributed by atoms with Gasteiger partial charge in [0.2, 0.25) is 0 Å². The van der Waals surface area contributed by atoms with Crippen LogP contribution in [0.25, 0.3) is 17.1 Å². The summed E-state index contributed by atoms with van der Waals surface area (Å²) in [5.41, 5.74) is 15.2. The SMILES string of the molecule is Cc1nn(C)cc1-n1nnnc1-c1ccc(N)cc1N. The van der Waals surface area contributed by atoms with Gasteiger partial charge in [-0.3, -0.25) is 4.68 Å². The average molecular weight is 270 g/mol. The smallest absolute Gasteiger partial charge is 0.189 e. The molecule has 20 heavy (non-hydrogen) atoms. The van der Waals surface area contributed by atoms with E-state index in [0.29, 0.717) is 17.2 Å². The van der Waals surface area contributed by atoms with Gasteiger partial charge in [-0.15, -0.1) is 5.10 Å². The van der Waals surface area contributed by atoms with Gasteiger partial charge in [-0.25, -0.2) is 0 Å². The Balaban J connectivity index is 2.17. The lowest BCUT2D eigenvalue weighted by Crippen LogP contribution is -2.02. The zero-order valence-electron chi connectivity index (χ0n) is 11.1. The van der Waals surface area contributed by atoms with E-state index in [4.69, 9.17) is 11.5 Å². The largest absolute Gasteiger partial charge is 0.399 e. The van der Waals surface area contributed by atoms with Crippen molar-refractivity contribution in [3.63, 3.8) is 0 Å². The zero-order chi connectivity index (χ0) is 14.3. The van der Waals surface area contributed by atoms with E-state index >= 15 is 0 Å². The second kappa shape index (κ2) is 4.34. The summed E-state index contributed by atoms with van der Waals surface area (Å²) < 4.78 is 3.33. The molecule has 0 aliphatic heterocycles. The summed E-state index contributed by atoms with van der Waals surface area (Å²) in [6, 6.07) is 5.25. The fourth-order valence-corrected chi connectivity index (χ4v) is 2.10. The Kier molecular flexibility index (Phi) is 2.63. The third-order valence-corrected chi connectivity index (χ3v) is 3.00. The quantitative estimate of drug-likeness (QED) is 0.657. The monoisotopic (exact) mass is 270 g/mol. The van der Waals surface area contributed by atoms with Gasteiger partial charge in [-0.2, -0.15) is 9.78 Å². The molecule has 0 aliphatic rings. The molecule has 0 unspecified atom stereocenters. The lowest BCUT2D eigenvalue weighted by atomic mass is 10.1. The highest BCUT2D eigenvalue weighted by atomic mass is 15.5. The Morgan fingerprint density at radius 3 is 2.65 bits per heavy atom. The van der Waals surface area contributed by atoms with Crippen LogP contribution in [0, 0.1) is 6.92 Å². The summed E-state index contributed by atoms with van der Waals surface area (Å²) in [5, 5.41) is 16.1. The van der Waals surface area contributed by atoms with Gasteiger partial charge in [-0.1, -0.05) is 0 Å². The van der Waals surface area contributed by atoms with E-state index in [2.05, 4.69) is 20.6 Å². The molecular weight excluding hydrogens is 256 g/mol. The van der Waals surface area contributed by atoms with Crippen molar-refractivity contribution in [1.29, 1.82) is 0 Å². The molecule has 0 fully saturated rings. The highest BCUT2D eigenvalue weighted by molar-refractivity contribution is 5.75. The number of rotatable bonds is 2. The van der Waals surface area contributed by atoms with Crippen molar-refractivity contribution in [2.24, 2.45) is 7.05 Å². The van der Waals surface area contributed by atoms with Crippen LogP contribution in [0.3, 0.4) is 0 Å². The first-order chi connectivity index (χ1) is 9.56. The number of nitrogen functional groups attached to an aromatic ring is 2. The van der Waals surface area contributed by atoms with E-state index in [0.717, 1.165) is 16.9 Å². The number of aromatic nitrogens is 6. The van der Waals surface area contributed by atoms with Crippen LogP contribution in [0.1, 0.15) is 5.69 Å². The van der Waals surface area contributed by atoms with Crippen molar-refractivity contribution in [2.45, 2.75) is 6.92 Å². The molecule has 2 aromatic heterocycles. The van der Waals surface area contributed by atoms with E-state index in [1.807, 2.05) is 20.2 Å². The molecule has 0 radical (unpaired) electrons. The first kappa shape index (κ1) is 12.2. The maximum Gasteiger partial charge on any atom is 0.189 e. The summed E-state index contributed by atoms with van der Waals surface area (Å²) in [4.78, 5) is 0. The van der Waals surface area contributed by atoms with Gasteiger partial charge in [0.15, 0.2) is 5.82 Å². The number of tetrazole rings is 1. The summed E-state index contributed by atoms with van der Waals surface area (Å²) >= 11 is 0. The second-order valence-corrected chi connectivity index (χ2v) is 4.53. The minimum Gasteiger partial charge on any atom is -0.399 e. The van der Waals surface area contributed by atoms with E-state index in [9.17, 15) is 0 Å². The van der Waals surface area contributed by atoms with Crippen LogP contribution in [0.15, 0.2) is 24.4 Å². The van der Waals surface area contributed by atoms with Gasteiger partial charge in [0, 0.05) is 24.0 Å². The number of anilines is 2. The van der Waals surface area contributed by atoms with E-state index < -0.39 is 0 Å². The van der Waals surface area contributed by atoms with Gasteiger partial charge in [-0.05, 0) is 35.5 Å². The average Bonchev–Trinajstić information content (AvgIpc) is 2.95. The van der Waals surface area contributed by atoms with Crippen LogP contribution >= 0.6 is 0 Å². The maximum atomic E-state index is 5.99. The van der Waals surface area contributed by atoms with Crippen LogP contribution < -0.4 is 11.5 Å². The predicted octanol–water partition coefficient (Wildman–Crippen LogP) is 0.536. The number of hydrogen-bond donors (Lipinski definition) is 2. The number of benzene rings is 1. The van der Waals surface area contributed by atoms with Crippen LogP contribution in [-0.4, -0.2) is 30.0 Å². The first-order valence-electron chi connectivity index (χ1n) is 6.00. The Hall–Kier alpha value is -2.90. The summed E-state index contributed by atoms with van der Waals surface area (Å²) in [6.07, 6.45) is 1.85. The van der Waals surface area contributed by atoms with Crippen molar-refractivity contribution in [2.75, 3.05) is 11.5 Å². The lowest BCUT2D eigenvalue weighted by Gasteiger charge is -2.06. The molecule has 0 saturated carbocycles. The molecule has 0 amide bonds. The number of nitrogens with two attached hydrogens (primary N) is 2. The molecule has 1 aromatic carbocycles. The van der Waals surface area contributed by atoms with Crippen LogP contribution in [0.5, 0.6) is 0 Å². The molecule has 3 aromatic rings. The molecule has 0 bridgehead atoms. The third kappa shape index (κ3) is 1.87. The van der Waals surface area contributed by atoms with Crippen LogP contribution in [0.2, 0.25) is 0 Å². The van der Waals surface area contributed by atoms with Crippen LogP contribution in [-0.2, 0) is 7.05 Å². The highest BCUT2D eigenvalue weighted by Gasteiger charge is 2.16. The third-order valence-electron chi connectivity index (χ3n) is 3.00. The summed E-state index contributed by atoms with van der Waals surface area (Å²) in [6.45, 7) is 1.90. The molecule has 102 valence electrons. The van der Waals surface area contributed by atoms with E-state index in [1.165, 1.54) is 0 Å². The van der Waals surface area contributed by atoms with E-state index in [-0.39, 0.29) is 0 Å². The summed E-state index contributed by atoms with van der Waals surface area (Å²) in [5.74, 6) is 0.554. The van der Waals surface area contributed by atoms with Crippen molar-refractivity contribution in [1.82, 2.24) is 30.0 Å². The minimum absolute atomic E-state index is 0.530. The topological polar surface area (TPSA) is 113 Å². The zero-order valence-corrected chi connectivity index (χ0v) is 11.1. The normalized spacial score (nSPS) is 10.9. The van der Waals surface area contributed by atoms with Crippen LogP contribution in [0.4, 0.5) is 11.4 Å². The number of nitrogens with zero attached hydrogens (tertiary/aromatic N) is 6. The molecule has 0 atom stereocenters. The fourth-order valence-electron chi connectivity index (χ4n) is 2.10.